The molecule has 0 fully saturated rings. The molecular weight excluding hydrogens is 462 g/mol. The molecule has 0 saturated heterocycles. The Balaban J connectivity index is 1.46. The number of amides is 1. The Morgan fingerprint density at radius 1 is 0.967 bits per heavy atom. The van der Waals surface area contributed by atoms with Crippen molar-refractivity contribution in [1.29, 1.82) is 0 Å². The standard InChI is InChI=1S/C22H14BrN5OS/c23-16-8-6-14(7-9-16)22(29)24-17-4-1-3-15(13-17)18-10-11-20-25-26-21(28(20)27-18)19-5-2-12-30-19/h1-13H,(H,24,29). The second-order valence-corrected chi connectivity index (χ2v) is 8.39. The molecule has 0 atom stereocenters. The van der Waals surface area contributed by atoms with Crippen molar-refractivity contribution in [1.82, 2.24) is 19.8 Å². The van der Waals surface area contributed by atoms with E-state index in [0.717, 1.165) is 20.6 Å². The van der Waals surface area contributed by atoms with Gasteiger partial charge in [-0.05, 0) is 60.0 Å². The molecule has 1 amide bonds. The zero-order valence-electron chi connectivity index (χ0n) is 15.5. The fraction of sp³-hybridized carbons (Fsp3) is 0. The predicted octanol–water partition coefficient (Wildman–Crippen LogP) is 5.53. The number of rotatable bonds is 4. The fourth-order valence-electron chi connectivity index (χ4n) is 3.06. The number of benzene rings is 2. The highest BCUT2D eigenvalue weighted by molar-refractivity contribution is 9.10. The highest BCUT2D eigenvalue weighted by Gasteiger charge is 2.12. The van der Waals surface area contributed by atoms with Crippen LogP contribution in [0.2, 0.25) is 0 Å². The van der Waals surface area contributed by atoms with Crippen molar-refractivity contribution in [3.63, 3.8) is 0 Å². The summed E-state index contributed by atoms with van der Waals surface area (Å²) < 4.78 is 2.67. The van der Waals surface area contributed by atoms with Gasteiger partial charge in [-0.25, -0.2) is 0 Å². The Hall–Kier alpha value is -3.36. The summed E-state index contributed by atoms with van der Waals surface area (Å²) >= 11 is 4.97. The van der Waals surface area contributed by atoms with Crippen LogP contribution < -0.4 is 5.32 Å². The van der Waals surface area contributed by atoms with E-state index in [1.807, 2.05) is 66.0 Å². The molecule has 0 unspecified atom stereocenters. The van der Waals surface area contributed by atoms with E-state index < -0.39 is 0 Å². The third-order valence-electron chi connectivity index (χ3n) is 4.53. The zero-order chi connectivity index (χ0) is 20.5. The normalized spacial score (nSPS) is 11.0. The van der Waals surface area contributed by atoms with Crippen LogP contribution in [0.15, 0.2) is 82.6 Å². The van der Waals surface area contributed by atoms with Crippen LogP contribution in [-0.4, -0.2) is 25.7 Å². The molecule has 6 nitrogen and oxygen atoms in total. The van der Waals surface area contributed by atoms with Gasteiger partial charge in [-0.1, -0.05) is 34.1 Å². The molecule has 0 aliphatic rings. The van der Waals surface area contributed by atoms with Gasteiger partial charge in [-0.15, -0.1) is 21.5 Å². The van der Waals surface area contributed by atoms with Crippen molar-refractivity contribution in [2.24, 2.45) is 0 Å². The van der Waals surface area contributed by atoms with Crippen LogP contribution in [0.4, 0.5) is 5.69 Å². The number of hydrogen-bond acceptors (Lipinski definition) is 5. The molecule has 3 heterocycles. The van der Waals surface area contributed by atoms with Crippen molar-refractivity contribution in [3.05, 3.63) is 88.2 Å². The Morgan fingerprint density at radius 2 is 1.83 bits per heavy atom. The van der Waals surface area contributed by atoms with Crippen molar-refractivity contribution < 1.29 is 4.79 Å². The Labute approximate surface area is 184 Å². The van der Waals surface area contributed by atoms with E-state index in [0.29, 0.717) is 22.7 Å². The molecular formula is C22H14BrN5OS. The quantitative estimate of drug-likeness (QED) is 0.370. The van der Waals surface area contributed by atoms with Crippen molar-refractivity contribution >= 4 is 44.5 Å². The van der Waals surface area contributed by atoms with Gasteiger partial charge in [0.1, 0.15) is 0 Å². The van der Waals surface area contributed by atoms with E-state index in [4.69, 9.17) is 5.10 Å². The largest absolute Gasteiger partial charge is 0.322 e. The number of thiophene rings is 1. The van der Waals surface area contributed by atoms with E-state index in [9.17, 15) is 4.79 Å². The Kier molecular flexibility index (Phi) is 4.86. The number of carbonyl (C=O) groups is 1. The highest BCUT2D eigenvalue weighted by Crippen LogP contribution is 2.26. The highest BCUT2D eigenvalue weighted by atomic mass is 79.9. The summed E-state index contributed by atoms with van der Waals surface area (Å²) in [6, 6.07) is 22.6. The summed E-state index contributed by atoms with van der Waals surface area (Å²) in [7, 11) is 0. The monoisotopic (exact) mass is 475 g/mol. The van der Waals surface area contributed by atoms with E-state index in [-0.39, 0.29) is 5.91 Å². The summed E-state index contributed by atoms with van der Waals surface area (Å²) in [6.07, 6.45) is 0. The topological polar surface area (TPSA) is 72.2 Å². The third kappa shape index (κ3) is 3.62. The van der Waals surface area contributed by atoms with E-state index in [1.165, 1.54) is 0 Å². The molecule has 1 N–H and O–H groups in total. The molecule has 5 rings (SSSR count). The van der Waals surface area contributed by atoms with E-state index >= 15 is 0 Å². The molecule has 146 valence electrons. The van der Waals surface area contributed by atoms with Crippen molar-refractivity contribution in [2.75, 3.05) is 5.32 Å². The first kappa shape index (κ1) is 18.7. The van der Waals surface area contributed by atoms with E-state index in [1.54, 1.807) is 28.0 Å². The maximum atomic E-state index is 12.5. The minimum Gasteiger partial charge on any atom is -0.322 e. The fourth-order valence-corrected chi connectivity index (χ4v) is 4.02. The number of fused-ring (bicyclic) bond motifs is 1. The molecule has 8 heteroatoms. The average molecular weight is 476 g/mol. The van der Waals surface area contributed by atoms with Crippen LogP contribution in [-0.2, 0) is 0 Å². The third-order valence-corrected chi connectivity index (χ3v) is 5.92. The average Bonchev–Trinajstić information content (AvgIpc) is 3.43. The lowest BCUT2D eigenvalue weighted by Gasteiger charge is -2.08. The lowest BCUT2D eigenvalue weighted by Crippen LogP contribution is -2.11. The predicted molar refractivity (Wildman–Crippen MR) is 122 cm³/mol. The number of nitrogens with one attached hydrogen (secondary N) is 1. The summed E-state index contributed by atoms with van der Waals surface area (Å²) in [6.45, 7) is 0. The maximum absolute atomic E-state index is 12.5. The van der Waals surface area contributed by atoms with Crippen LogP contribution in [0.3, 0.4) is 0 Å². The Bertz CT molecular complexity index is 1350. The SMILES string of the molecule is O=C(Nc1cccc(-c2ccc3nnc(-c4cccs4)n3n2)c1)c1ccc(Br)cc1. The van der Waals surface area contributed by atoms with Crippen LogP contribution in [0, 0.1) is 0 Å². The maximum Gasteiger partial charge on any atom is 0.255 e. The molecule has 30 heavy (non-hydrogen) atoms. The first-order valence-electron chi connectivity index (χ1n) is 9.11. The molecule has 2 aromatic carbocycles. The van der Waals surface area contributed by atoms with E-state index in [2.05, 4.69) is 31.4 Å². The van der Waals surface area contributed by atoms with Crippen LogP contribution in [0.5, 0.6) is 0 Å². The zero-order valence-corrected chi connectivity index (χ0v) is 17.9. The van der Waals surface area contributed by atoms with Gasteiger partial charge in [0.05, 0.1) is 10.6 Å². The first-order valence-corrected chi connectivity index (χ1v) is 10.8. The summed E-state index contributed by atoms with van der Waals surface area (Å²) in [5.41, 5.74) is 3.62. The minimum atomic E-state index is -0.165. The molecule has 0 spiro atoms. The molecule has 5 aromatic rings. The number of anilines is 1. The molecule has 0 saturated carbocycles. The lowest BCUT2D eigenvalue weighted by molar-refractivity contribution is 0.102. The molecule has 0 radical (unpaired) electrons. The summed E-state index contributed by atoms with van der Waals surface area (Å²) in [5.74, 6) is 0.545. The van der Waals surface area contributed by atoms with Gasteiger partial charge < -0.3 is 5.32 Å². The van der Waals surface area contributed by atoms with Gasteiger partial charge in [-0.3, -0.25) is 4.79 Å². The molecule has 0 aliphatic heterocycles. The van der Waals surface area contributed by atoms with Crippen LogP contribution in [0.25, 0.3) is 27.6 Å². The second-order valence-electron chi connectivity index (χ2n) is 6.53. The number of nitrogens with zero attached hydrogens (tertiary/aromatic N) is 4. The van der Waals surface area contributed by atoms with Gasteiger partial charge in [-0.2, -0.15) is 9.61 Å². The van der Waals surface area contributed by atoms with Crippen molar-refractivity contribution in [2.45, 2.75) is 0 Å². The smallest absolute Gasteiger partial charge is 0.255 e. The van der Waals surface area contributed by atoms with Gasteiger partial charge in [0, 0.05) is 21.3 Å². The van der Waals surface area contributed by atoms with Crippen LogP contribution in [0.1, 0.15) is 10.4 Å². The Morgan fingerprint density at radius 3 is 2.63 bits per heavy atom. The van der Waals surface area contributed by atoms with Crippen molar-refractivity contribution in [3.8, 4) is 22.0 Å². The minimum absolute atomic E-state index is 0.165. The van der Waals surface area contributed by atoms with Crippen LogP contribution >= 0.6 is 27.3 Å². The first-order chi connectivity index (χ1) is 14.7. The van der Waals surface area contributed by atoms with Gasteiger partial charge in [0.15, 0.2) is 11.5 Å². The number of halogens is 1. The summed E-state index contributed by atoms with van der Waals surface area (Å²) in [4.78, 5) is 13.5. The number of aromatic nitrogens is 4. The van der Waals surface area contributed by atoms with Gasteiger partial charge in [0.2, 0.25) is 0 Å². The number of carbonyl (C=O) groups excluding carboxylic acids is 1. The lowest BCUT2D eigenvalue weighted by atomic mass is 10.1. The van der Waals surface area contributed by atoms with Gasteiger partial charge >= 0.3 is 0 Å². The molecule has 3 aromatic heterocycles. The molecule has 0 aliphatic carbocycles. The van der Waals surface area contributed by atoms with Gasteiger partial charge in [0.25, 0.3) is 5.91 Å². The molecule has 0 bridgehead atoms. The summed E-state index contributed by atoms with van der Waals surface area (Å²) in [5, 5.41) is 18.1. The number of hydrogen-bond donors (Lipinski definition) is 1. The second kappa shape index (κ2) is 7.81.